The van der Waals surface area contributed by atoms with E-state index in [1.54, 1.807) is 43.6 Å². The highest BCUT2D eigenvalue weighted by molar-refractivity contribution is 5.95. The molecule has 0 bridgehead atoms. The van der Waals surface area contributed by atoms with Crippen LogP contribution < -0.4 is 5.32 Å². The molecule has 0 atom stereocenters. The smallest absolute Gasteiger partial charge is 0.336 e. The van der Waals surface area contributed by atoms with Crippen LogP contribution in [0.25, 0.3) is 17.1 Å². The highest BCUT2D eigenvalue weighted by Gasteiger charge is 2.16. The van der Waals surface area contributed by atoms with Crippen LogP contribution in [0.15, 0.2) is 54.9 Å². The molecule has 3 rings (SSSR count). The molecule has 6 nitrogen and oxygen atoms in total. The van der Waals surface area contributed by atoms with Crippen LogP contribution in [-0.2, 0) is 4.79 Å². The molecule has 2 aromatic carbocycles. The number of carbonyl (C=O) groups excluding carboxylic acids is 1. The molecule has 0 saturated carbocycles. The molecule has 2 N–H and O–H groups in total. The van der Waals surface area contributed by atoms with Gasteiger partial charge in [-0.3, -0.25) is 9.36 Å². The van der Waals surface area contributed by atoms with Crippen molar-refractivity contribution in [1.82, 2.24) is 9.55 Å². The molecule has 1 aromatic heterocycles. The summed E-state index contributed by atoms with van der Waals surface area (Å²) in [7, 11) is 0. The van der Waals surface area contributed by atoms with Gasteiger partial charge in [-0.15, -0.1) is 0 Å². The van der Waals surface area contributed by atoms with E-state index in [2.05, 4.69) is 10.3 Å². The normalized spacial score (nSPS) is 10.5. The van der Waals surface area contributed by atoms with Gasteiger partial charge in [0.15, 0.2) is 0 Å². The Hall–Kier alpha value is -3.41. The summed E-state index contributed by atoms with van der Waals surface area (Å²) in [5.74, 6) is -0.489. The van der Waals surface area contributed by atoms with Crippen LogP contribution in [0, 0.1) is 6.92 Å². The number of nitrogens with one attached hydrogen (secondary N) is 1. The highest BCUT2D eigenvalue weighted by Crippen LogP contribution is 2.27. The van der Waals surface area contributed by atoms with Gasteiger partial charge in [-0.25, -0.2) is 9.78 Å². The van der Waals surface area contributed by atoms with Gasteiger partial charge in [-0.05, 0) is 36.8 Å². The first-order chi connectivity index (χ1) is 12.5. The average molecular weight is 349 g/mol. The highest BCUT2D eigenvalue weighted by atomic mass is 16.4. The number of carbonyl (C=O) groups is 2. The summed E-state index contributed by atoms with van der Waals surface area (Å²) in [4.78, 5) is 27.5. The summed E-state index contributed by atoms with van der Waals surface area (Å²) >= 11 is 0. The lowest BCUT2D eigenvalue weighted by molar-refractivity contribution is -0.115. The van der Waals surface area contributed by atoms with Crippen LogP contribution in [0.3, 0.4) is 0 Å². The zero-order chi connectivity index (χ0) is 18.7. The lowest BCUT2D eigenvalue weighted by Crippen LogP contribution is -2.10. The van der Waals surface area contributed by atoms with E-state index in [0.717, 1.165) is 16.9 Å². The van der Waals surface area contributed by atoms with Crippen LogP contribution >= 0.6 is 0 Å². The summed E-state index contributed by atoms with van der Waals surface area (Å²) in [5, 5.41) is 12.3. The van der Waals surface area contributed by atoms with Gasteiger partial charge >= 0.3 is 5.97 Å². The molecule has 0 fully saturated rings. The second-order valence-electron chi connectivity index (χ2n) is 5.87. The lowest BCUT2D eigenvalue weighted by atomic mass is 10.1. The van der Waals surface area contributed by atoms with Crippen molar-refractivity contribution in [2.24, 2.45) is 0 Å². The Morgan fingerprint density at radius 3 is 2.65 bits per heavy atom. The number of aromatic carboxylic acids is 1. The average Bonchev–Trinajstić information content (AvgIpc) is 3.11. The molecule has 1 heterocycles. The molecule has 6 heteroatoms. The molecular formula is C20H19N3O3. The maximum atomic E-state index is 11.6. The van der Waals surface area contributed by atoms with Crippen molar-refractivity contribution >= 4 is 17.6 Å². The van der Waals surface area contributed by atoms with E-state index in [0.29, 0.717) is 17.8 Å². The third kappa shape index (κ3) is 3.35. The summed E-state index contributed by atoms with van der Waals surface area (Å²) in [6, 6.07) is 12.4. The second-order valence-corrected chi connectivity index (χ2v) is 5.87. The van der Waals surface area contributed by atoms with E-state index >= 15 is 0 Å². The second kappa shape index (κ2) is 7.23. The Balaban J connectivity index is 2.05. The number of hydrogen-bond donors (Lipinski definition) is 2. The van der Waals surface area contributed by atoms with Gasteiger partial charge in [0.25, 0.3) is 0 Å². The number of carboxylic acid groups (broad SMARTS) is 1. The van der Waals surface area contributed by atoms with Crippen molar-refractivity contribution in [3.05, 3.63) is 66.0 Å². The third-order valence-electron chi connectivity index (χ3n) is 4.10. The van der Waals surface area contributed by atoms with Crippen molar-refractivity contribution in [2.45, 2.75) is 20.3 Å². The number of hydrogen-bond acceptors (Lipinski definition) is 3. The summed E-state index contributed by atoms with van der Waals surface area (Å²) in [6.07, 6.45) is 3.85. The van der Waals surface area contributed by atoms with Gasteiger partial charge in [-0.2, -0.15) is 0 Å². The topological polar surface area (TPSA) is 84.2 Å². The van der Waals surface area contributed by atoms with E-state index in [4.69, 9.17) is 0 Å². The maximum Gasteiger partial charge on any atom is 0.336 e. The molecule has 0 saturated heterocycles. The summed E-state index contributed by atoms with van der Waals surface area (Å²) < 4.78 is 1.85. The van der Waals surface area contributed by atoms with Crippen LogP contribution in [0.4, 0.5) is 5.69 Å². The molecule has 0 aliphatic rings. The van der Waals surface area contributed by atoms with E-state index in [-0.39, 0.29) is 11.5 Å². The quantitative estimate of drug-likeness (QED) is 0.732. The van der Waals surface area contributed by atoms with Gasteiger partial charge in [0.2, 0.25) is 5.91 Å². The molecule has 132 valence electrons. The summed E-state index contributed by atoms with van der Waals surface area (Å²) in [5.41, 5.74) is 3.28. The molecule has 1 amide bonds. The predicted octanol–water partition coefficient (Wildman–Crippen LogP) is 3.89. The monoisotopic (exact) mass is 349 g/mol. The fourth-order valence-corrected chi connectivity index (χ4v) is 2.81. The van der Waals surface area contributed by atoms with Crippen molar-refractivity contribution in [3.63, 3.8) is 0 Å². The molecule has 0 aliphatic carbocycles. The number of nitrogens with zero attached hydrogens (tertiary/aromatic N) is 2. The van der Waals surface area contributed by atoms with E-state index < -0.39 is 5.97 Å². The number of carboxylic acids is 1. The maximum absolute atomic E-state index is 11.6. The van der Waals surface area contributed by atoms with Crippen molar-refractivity contribution in [2.75, 3.05) is 5.32 Å². The van der Waals surface area contributed by atoms with E-state index in [1.165, 1.54) is 0 Å². The minimum atomic E-state index is -0.996. The SMILES string of the molecule is CCC(=O)Nc1ccc(-n2ccnc2-c2ccccc2C(=O)O)c(C)c1. The fraction of sp³-hybridized carbons (Fsp3) is 0.150. The number of imidazole rings is 1. The molecular weight excluding hydrogens is 330 g/mol. The first kappa shape index (κ1) is 17.4. The zero-order valence-corrected chi connectivity index (χ0v) is 14.6. The molecule has 0 aliphatic heterocycles. The largest absolute Gasteiger partial charge is 0.478 e. The van der Waals surface area contributed by atoms with E-state index in [9.17, 15) is 14.7 Å². The number of aromatic nitrogens is 2. The van der Waals surface area contributed by atoms with Gasteiger partial charge < -0.3 is 10.4 Å². The Kier molecular flexibility index (Phi) is 4.84. The first-order valence-corrected chi connectivity index (χ1v) is 8.28. The van der Waals surface area contributed by atoms with E-state index in [1.807, 2.05) is 29.7 Å². The molecule has 3 aromatic rings. The fourth-order valence-electron chi connectivity index (χ4n) is 2.81. The van der Waals surface area contributed by atoms with Crippen molar-refractivity contribution < 1.29 is 14.7 Å². The van der Waals surface area contributed by atoms with Crippen LogP contribution in [0.1, 0.15) is 29.3 Å². The van der Waals surface area contributed by atoms with Gasteiger partial charge in [0.1, 0.15) is 5.82 Å². The summed E-state index contributed by atoms with van der Waals surface area (Å²) in [6.45, 7) is 3.73. The first-order valence-electron chi connectivity index (χ1n) is 8.28. The molecule has 0 unspecified atom stereocenters. The number of amides is 1. The molecule has 0 radical (unpaired) electrons. The standard InChI is InChI=1S/C20H19N3O3/c1-3-18(24)22-14-8-9-17(13(2)12-14)23-11-10-21-19(23)15-6-4-5-7-16(15)20(25)26/h4-12H,3H2,1-2H3,(H,22,24)(H,25,26). The van der Waals surface area contributed by atoms with Gasteiger partial charge in [-0.1, -0.05) is 25.1 Å². The minimum Gasteiger partial charge on any atom is -0.478 e. The number of rotatable bonds is 5. The Bertz CT molecular complexity index is 976. The van der Waals surface area contributed by atoms with Gasteiger partial charge in [0.05, 0.1) is 11.3 Å². The Morgan fingerprint density at radius 2 is 1.96 bits per heavy atom. The molecule has 26 heavy (non-hydrogen) atoms. The lowest BCUT2D eigenvalue weighted by Gasteiger charge is -2.14. The van der Waals surface area contributed by atoms with Crippen molar-refractivity contribution in [3.8, 4) is 17.1 Å². The van der Waals surface area contributed by atoms with Gasteiger partial charge in [0, 0.05) is 30.1 Å². The zero-order valence-electron chi connectivity index (χ0n) is 14.6. The molecule has 0 spiro atoms. The van der Waals surface area contributed by atoms with Crippen LogP contribution in [-0.4, -0.2) is 26.5 Å². The Morgan fingerprint density at radius 1 is 1.19 bits per heavy atom. The number of anilines is 1. The Labute approximate surface area is 151 Å². The number of aryl methyl sites for hydroxylation is 1. The third-order valence-corrected chi connectivity index (χ3v) is 4.10. The minimum absolute atomic E-state index is 0.0455. The predicted molar refractivity (Wildman–Crippen MR) is 99.6 cm³/mol. The number of benzene rings is 2. The van der Waals surface area contributed by atoms with Crippen molar-refractivity contribution in [1.29, 1.82) is 0 Å². The van der Waals surface area contributed by atoms with Crippen LogP contribution in [0.5, 0.6) is 0 Å². The van der Waals surface area contributed by atoms with Crippen LogP contribution in [0.2, 0.25) is 0 Å².